The number of nitrogens with two attached hydrogens (primary N) is 1. The highest BCUT2D eigenvalue weighted by molar-refractivity contribution is 5.97. The van der Waals surface area contributed by atoms with E-state index in [1.54, 1.807) is 42.5 Å². The number of ketones is 1. The minimum absolute atomic E-state index is 0. The lowest BCUT2D eigenvalue weighted by molar-refractivity contribution is 0.0921. The molecule has 1 saturated heterocycles. The van der Waals surface area contributed by atoms with Gasteiger partial charge in [0.15, 0.2) is 12.4 Å². The summed E-state index contributed by atoms with van der Waals surface area (Å²) >= 11 is 0. The monoisotopic (exact) mass is 464 g/mol. The van der Waals surface area contributed by atoms with Gasteiger partial charge in [0.25, 0.3) is 0 Å². The molecule has 1 aliphatic heterocycles. The van der Waals surface area contributed by atoms with Crippen LogP contribution in [0.2, 0.25) is 0 Å². The third-order valence-corrected chi connectivity index (χ3v) is 5.64. The Kier molecular flexibility index (Phi) is 7.88. The van der Waals surface area contributed by atoms with Crippen LogP contribution in [0.4, 0.5) is 5.82 Å². The fraction of sp³-hybridized carbons (Fsp3) is 0.240. The zero-order valence-corrected chi connectivity index (χ0v) is 18.8. The normalized spacial score (nSPS) is 15.2. The largest absolute Gasteiger partial charge is 0.507 e. The fourth-order valence-electron chi connectivity index (χ4n) is 4.02. The summed E-state index contributed by atoms with van der Waals surface area (Å²) < 4.78 is 5.80. The first kappa shape index (κ1) is 24.1. The molecule has 1 fully saturated rings. The van der Waals surface area contributed by atoms with Gasteiger partial charge in [-0.3, -0.25) is 4.79 Å². The first-order chi connectivity index (χ1) is 15.6. The summed E-state index contributed by atoms with van der Waals surface area (Å²) in [5, 5.41) is 23.6. The van der Waals surface area contributed by atoms with Crippen molar-refractivity contribution in [3.63, 3.8) is 0 Å². The summed E-state index contributed by atoms with van der Waals surface area (Å²) in [5.74, 6) is 0.330. The van der Waals surface area contributed by atoms with Gasteiger partial charge in [0, 0.05) is 12.1 Å². The Morgan fingerprint density at radius 1 is 1.24 bits per heavy atom. The summed E-state index contributed by atoms with van der Waals surface area (Å²) in [6.45, 7) is 1.50. The maximum atomic E-state index is 12.5. The van der Waals surface area contributed by atoms with Crippen LogP contribution in [0.1, 0.15) is 40.2 Å². The van der Waals surface area contributed by atoms with Gasteiger partial charge >= 0.3 is 0 Å². The molecule has 1 aromatic heterocycles. The highest BCUT2D eigenvalue weighted by Gasteiger charge is 2.24. The third-order valence-electron chi connectivity index (χ3n) is 5.64. The number of Topliss-reactive ketones (excluding diaryl/α,β-unsaturated/α-hetero) is 1. The van der Waals surface area contributed by atoms with Crippen molar-refractivity contribution in [2.24, 2.45) is 0 Å². The van der Waals surface area contributed by atoms with Crippen molar-refractivity contribution in [3.8, 4) is 28.8 Å². The van der Waals surface area contributed by atoms with Gasteiger partial charge < -0.3 is 20.9 Å². The molecule has 0 spiro atoms. The number of rotatable bonds is 6. The van der Waals surface area contributed by atoms with Gasteiger partial charge in [-0.25, -0.2) is 4.98 Å². The lowest BCUT2D eigenvalue weighted by atomic mass is 9.88. The molecule has 4 N–H and O–H groups in total. The number of nitrogens with one attached hydrogen (secondary N) is 1. The van der Waals surface area contributed by atoms with E-state index in [0.29, 0.717) is 28.1 Å². The molecule has 33 heavy (non-hydrogen) atoms. The number of nitrogen functional groups attached to an aromatic ring is 1. The maximum absolute atomic E-state index is 12.5. The van der Waals surface area contributed by atoms with E-state index in [2.05, 4.69) is 16.4 Å². The number of nitrogens with zero attached hydrogens (tertiary/aromatic N) is 2. The summed E-state index contributed by atoms with van der Waals surface area (Å²) in [4.78, 5) is 16.9. The Morgan fingerprint density at radius 3 is 2.73 bits per heavy atom. The van der Waals surface area contributed by atoms with E-state index in [1.807, 2.05) is 6.07 Å². The number of hydrogen-bond donors (Lipinski definition) is 3. The van der Waals surface area contributed by atoms with E-state index >= 15 is 0 Å². The molecule has 0 amide bonds. The molecule has 0 aliphatic carbocycles. The van der Waals surface area contributed by atoms with Crippen molar-refractivity contribution in [3.05, 3.63) is 71.3 Å². The highest BCUT2D eigenvalue weighted by atomic mass is 35.5. The van der Waals surface area contributed by atoms with Crippen LogP contribution in [0, 0.1) is 11.3 Å². The highest BCUT2D eigenvalue weighted by Crippen LogP contribution is 2.40. The molecule has 1 aliphatic rings. The van der Waals surface area contributed by atoms with E-state index in [9.17, 15) is 15.2 Å². The Morgan fingerprint density at radius 2 is 2.03 bits per heavy atom. The second-order valence-electron chi connectivity index (χ2n) is 7.74. The average Bonchev–Trinajstić information content (AvgIpc) is 2.83. The molecule has 7 nitrogen and oxygen atoms in total. The van der Waals surface area contributed by atoms with Crippen molar-refractivity contribution in [2.75, 3.05) is 25.4 Å². The van der Waals surface area contributed by atoms with Crippen molar-refractivity contribution < 1.29 is 14.6 Å². The predicted octanol–water partition coefficient (Wildman–Crippen LogP) is 4.06. The van der Waals surface area contributed by atoms with Crippen LogP contribution < -0.4 is 15.8 Å². The minimum Gasteiger partial charge on any atom is -0.507 e. The molecule has 2 aromatic carbocycles. The summed E-state index contributed by atoms with van der Waals surface area (Å²) in [6, 6.07) is 17.7. The van der Waals surface area contributed by atoms with Gasteiger partial charge in [0.05, 0.1) is 16.8 Å². The summed E-state index contributed by atoms with van der Waals surface area (Å²) in [7, 11) is 0. The number of ether oxygens (including phenoxy) is 1. The molecule has 0 saturated carbocycles. The first-order valence-corrected chi connectivity index (χ1v) is 10.5. The molecule has 4 rings (SSSR count). The Labute approximate surface area is 198 Å². The molecule has 1 atom stereocenters. The van der Waals surface area contributed by atoms with E-state index < -0.39 is 0 Å². The van der Waals surface area contributed by atoms with E-state index in [-0.39, 0.29) is 42.3 Å². The van der Waals surface area contributed by atoms with Crippen LogP contribution in [0.3, 0.4) is 0 Å². The first-order valence-electron chi connectivity index (χ1n) is 10.5. The summed E-state index contributed by atoms with van der Waals surface area (Å²) in [5.41, 5.74) is 8.60. The zero-order valence-electron chi connectivity index (χ0n) is 18.0. The molecular formula is C25H25ClN4O3. The number of halogens is 1. The maximum Gasteiger partial charge on any atom is 0.200 e. The van der Waals surface area contributed by atoms with Crippen molar-refractivity contribution in [2.45, 2.75) is 18.8 Å². The van der Waals surface area contributed by atoms with Crippen LogP contribution in [0.15, 0.2) is 54.6 Å². The van der Waals surface area contributed by atoms with Crippen molar-refractivity contribution in [1.29, 1.82) is 5.26 Å². The number of anilines is 1. The smallest absolute Gasteiger partial charge is 0.200 e. The topological polar surface area (TPSA) is 121 Å². The zero-order chi connectivity index (χ0) is 22.5. The second-order valence-corrected chi connectivity index (χ2v) is 7.74. The molecule has 1 unspecified atom stereocenters. The Hall–Kier alpha value is -3.60. The number of hydrogen-bond acceptors (Lipinski definition) is 7. The molecule has 0 radical (unpaired) electrons. The number of piperidine rings is 1. The third kappa shape index (κ3) is 5.25. The number of carbonyl (C=O) groups is 1. The quantitative estimate of drug-likeness (QED) is 0.470. The van der Waals surface area contributed by atoms with Crippen molar-refractivity contribution >= 4 is 24.0 Å². The van der Waals surface area contributed by atoms with E-state index in [1.165, 1.54) is 6.07 Å². The predicted molar refractivity (Wildman–Crippen MR) is 129 cm³/mol. The Bertz CT molecular complexity index is 1170. The lowest BCUT2D eigenvalue weighted by Gasteiger charge is -2.25. The van der Waals surface area contributed by atoms with Gasteiger partial charge in [0.1, 0.15) is 23.4 Å². The van der Waals surface area contributed by atoms with Crippen LogP contribution in [-0.2, 0) is 0 Å². The number of nitriles is 1. The summed E-state index contributed by atoms with van der Waals surface area (Å²) in [6.07, 6.45) is 1.93. The molecule has 0 bridgehead atoms. The van der Waals surface area contributed by atoms with Crippen LogP contribution in [0.25, 0.3) is 11.3 Å². The van der Waals surface area contributed by atoms with Crippen LogP contribution in [-0.4, -0.2) is 35.6 Å². The molecule has 3 aromatic rings. The Balaban J connectivity index is 0.00000306. The molecule has 8 heteroatoms. The average molecular weight is 465 g/mol. The number of carbonyl (C=O) groups excluding carboxylic acids is 1. The van der Waals surface area contributed by atoms with Gasteiger partial charge in [0.2, 0.25) is 0 Å². The van der Waals surface area contributed by atoms with Crippen LogP contribution in [0.5, 0.6) is 11.5 Å². The van der Waals surface area contributed by atoms with Gasteiger partial charge in [-0.1, -0.05) is 36.4 Å². The standard InChI is InChI=1S/C25H24N4O3.ClH/c26-13-19-18(17-8-5-11-28-14-17)12-20(29-25(19)27)24-21(30)9-4-10-23(24)32-15-22(31)16-6-2-1-3-7-16;/h1-4,6-7,9-10,12,17,28,30H,5,8,11,14-15H2,(H2,27,29);1H. The van der Waals surface area contributed by atoms with Gasteiger partial charge in [-0.2, -0.15) is 5.26 Å². The number of benzene rings is 2. The van der Waals surface area contributed by atoms with Crippen molar-refractivity contribution in [1.82, 2.24) is 10.3 Å². The molecular weight excluding hydrogens is 440 g/mol. The van der Waals surface area contributed by atoms with Crippen LogP contribution >= 0.6 is 12.4 Å². The number of phenolic OH excluding ortho intramolecular Hbond substituents is 1. The molecule has 2 heterocycles. The molecule has 170 valence electrons. The van der Waals surface area contributed by atoms with E-state index in [4.69, 9.17) is 10.5 Å². The number of phenols is 1. The SMILES string of the molecule is Cl.N#Cc1c(C2CCCNC2)cc(-c2c(O)cccc2OCC(=O)c2ccccc2)nc1N. The number of pyridine rings is 1. The minimum atomic E-state index is -0.189. The van der Waals surface area contributed by atoms with Gasteiger partial charge in [-0.15, -0.1) is 12.4 Å². The van der Waals surface area contributed by atoms with E-state index in [0.717, 1.165) is 31.5 Å². The fourth-order valence-corrected chi connectivity index (χ4v) is 4.02. The second kappa shape index (κ2) is 10.8. The lowest BCUT2D eigenvalue weighted by Crippen LogP contribution is -2.29. The van der Waals surface area contributed by atoms with Gasteiger partial charge in [-0.05, 0) is 49.1 Å². The number of aromatic nitrogens is 1. The number of aromatic hydroxyl groups is 1.